The van der Waals surface area contributed by atoms with Crippen molar-refractivity contribution in [2.75, 3.05) is 17.2 Å². The highest BCUT2D eigenvalue weighted by Gasteiger charge is 2.32. The third kappa shape index (κ3) is 14.1. The number of carbonyl (C=O) groups excluding carboxylic acids is 2. The fourth-order valence-corrected chi connectivity index (χ4v) is 14.0. The van der Waals surface area contributed by atoms with Crippen LogP contribution in [0.2, 0.25) is 0 Å². The van der Waals surface area contributed by atoms with Crippen LogP contribution in [0.15, 0.2) is 111 Å². The molecule has 0 spiro atoms. The Balaban J connectivity index is 0.000000120. The molecule has 6 aliphatic carbocycles. The number of nitriles is 2. The van der Waals surface area contributed by atoms with Gasteiger partial charge in [0.05, 0.1) is 66.4 Å². The van der Waals surface area contributed by atoms with Crippen LogP contribution >= 0.6 is 0 Å². The lowest BCUT2D eigenvalue weighted by Crippen LogP contribution is -2.06. The predicted octanol–water partition coefficient (Wildman–Crippen LogP) is 8.26. The van der Waals surface area contributed by atoms with Crippen LogP contribution in [0.3, 0.4) is 0 Å². The fraction of sp³-hybridized carbons (Fsp3) is 0.347. The van der Waals surface area contributed by atoms with E-state index < -0.39 is 5.97 Å². The first-order valence-electron chi connectivity index (χ1n) is 33.6. The maximum Gasteiger partial charge on any atom is 0.358 e. The highest BCUT2D eigenvalue weighted by Crippen LogP contribution is 2.44. The molecule has 0 radical (unpaired) electrons. The van der Waals surface area contributed by atoms with Crippen LogP contribution in [0.5, 0.6) is 0 Å². The van der Waals surface area contributed by atoms with Crippen molar-refractivity contribution >= 4 is 51.9 Å². The average molecular weight is 1350 g/mol. The van der Waals surface area contributed by atoms with E-state index in [2.05, 4.69) is 90.9 Å². The number of nitrogens with zero attached hydrogens (tertiary/aromatic N) is 20. The monoisotopic (exact) mass is 1350 g/mol. The molecule has 0 aliphatic heterocycles. The summed E-state index contributed by atoms with van der Waals surface area (Å²) in [6.45, 7) is 1.57. The van der Waals surface area contributed by atoms with E-state index in [0.29, 0.717) is 114 Å². The van der Waals surface area contributed by atoms with E-state index in [9.17, 15) is 24.9 Å². The van der Waals surface area contributed by atoms with E-state index in [1.54, 1.807) is 40.3 Å². The van der Waals surface area contributed by atoms with E-state index in [-0.39, 0.29) is 42.6 Å². The van der Waals surface area contributed by atoms with Gasteiger partial charge in [-0.3, -0.25) is 9.59 Å². The molecular weight excluding hydrogens is 1280 g/mol. The van der Waals surface area contributed by atoms with Gasteiger partial charge >= 0.3 is 5.97 Å². The number of carboxylic acid groups (broad SMARTS) is 1. The first-order chi connectivity index (χ1) is 48.6. The maximum atomic E-state index is 12.9. The smallest absolute Gasteiger partial charge is 0.358 e. The Morgan fingerprint density at radius 2 is 0.871 bits per heavy atom. The van der Waals surface area contributed by atoms with Gasteiger partial charge in [0.25, 0.3) is 0 Å². The molecule has 101 heavy (non-hydrogen) atoms. The number of fused-ring (bicyclic) bond motifs is 6. The number of carbonyl (C=O) groups is 3. The number of Topliss-reactive ketones (excluding diaryl/α,β-unsaturated/α-hetero) is 2. The van der Waals surface area contributed by atoms with E-state index >= 15 is 0 Å². The molecule has 11 N–H and O–H groups in total. The van der Waals surface area contributed by atoms with Gasteiger partial charge in [0.2, 0.25) is 0 Å². The second-order valence-electron chi connectivity index (χ2n) is 26.7. The molecule has 0 amide bonds. The number of nitrogens with two attached hydrogens (primary N) is 5. The standard InChI is InChI=1S/C24H26N8O.C24H22N8O.C15H12N6O2.C8H11N3.CH4/c2*25-9-16-7-17(14-1-2-14)10-31-11-18(28-24(16)31)12-32-13-21(29-30-32)22(33)8-15-3-4-20-19(15)5-6-27-23(20)26;16-4-10-3-11(9-1-2-9)5-20-6-12(17-14(10)20)7-21-8-13(15(22)23)18-19-21;9-7-2-1-6-5(7)3-4-11-8(6)10;/h5-7,10-11,13-15H,1-4,8-9,12,25H2,(H2,26,27);5-7,10-11,13-15H,1-4,8,12H2,(H2,26,27);3,5-6,8-9H,1-2,7H2,(H,22,23);3-4,7H,1-2,9H2,(H2,10,11);1H4. The molecule has 0 bridgehead atoms. The summed E-state index contributed by atoms with van der Waals surface area (Å²) >= 11 is 0. The minimum atomic E-state index is -1.12. The molecule has 3 saturated carbocycles. The number of anilines is 3. The van der Waals surface area contributed by atoms with Gasteiger partial charge in [0, 0.05) is 86.8 Å². The van der Waals surface area contributed by atoms with Crippen molar-refractivity contribution in [1.82, 2.24) is 88.1 Å². The van der Waals surface area contributed by atoms with Gasteiger partial charge in [-0.15, -0.1) is 15.3 Å². The molecule has 6 aliphatic rings. The van der Waals surface area contributed by atoms with Crippen LogP contribution in [0.1, 0.15) is 229 Å². The Morgan fingerprint density at radius 1 is 0.495 bits per heavy atom. The van der Waals surface area contributed by atoms with E-state index in [1.807, 2.05) is 63.9 Å². The van der Waals surface area contributed by atoms with E-state index in [4.69, 9.17) is 38.8 Å². The number of hydrogen-bond donors (Lipinski definition) is 6. The number of nitrogen functional groups attached to an aromatic ring is 3. The zero-order chi connectivity index (χ0) is 68.9. The third-order valence-corrected chi connectivity index (χ3v) is 19.6. The van der Waals surface area contributed by atoms with Gasteiger partial charge in [-0.1, -0.05) is 23.1 Å². The summed E-state index contributed by atoms with van der Waals surface area (Å²) in [5, 5.41) is 51.6. The Kier molecular flexibility index (Phi) is 18.2. The minimum absolute atomic E-state index is 0. The van der Waals surface area contributed by atoms with Gasteiger partial charge in [-0.05, 0) is 193 Å². The van der Waals surface area contributed by atoms with E-state index in [1.165, 1.54) is 53.3 Å². The summed E-state index contributed by atoms with van der Waals surface area (Å²) < 4.78 is 10.5. The normalized spacial score (nSPS) is 16.9. The van der Waals surface area contributed by atoms with Crippen LogP contribution in [-0.4, -0.2) is 111 Å². The van der Waals surface area contributed by atoms with Crippen LogP contribution in [0.25, 0.3) is 16.9 Å². The summed E-state index contributed by atoms with van der Waals surface area (Å²) in [6.07, 6.45) is 35.3. The van der Waals surface area contributed by atoms with Gasteiger partial charge in [0.15, 0.2) is 28.6 Å². The summed E-state index contributed by atoms with van der Waals surface area (Å²) in [6, 6.07) is 16.6. The number of ketones is 2. The lowest BCUT2D eigenvalue weighted by atomic mass is 9.95. The number of pyridine rings is 6. The number of carboxylic acids is 1. The number of aromatic nitrogens is 18. The van der Waals surface area contributed by atoms with Gasteiger partial charge in [0.1, 0.15) is 46.6 Å². The minimum Gasteiger partial charge on any atom is -0.476 e. The summed E-state index contributed by atoms with van der Waals surface area (Å²) in [7, 11) is 0. The molecular formula is C72H75N25O4. The molecule has 12 aromatic heterocycles. The second-order valence-corrected chi connectivity index (χ2v) is 26.7. The van der Waals surface area contributed by atoms with Crippen LogP contribution in [-0.2, 0) is 45.4 Å². The molecule has 512 valence electrons. The van der Waals surface area contributed by atoms with Crippen molar-refractivity contribution in [3.05, 3.63) is 212 Å². The largest absolute Gasteiger partial charge is 0.476 e. The van der Waals surface area contributed by atoms with Crippen LogP contribution in [0.4, 0.5) is 17.5 Å². The Morgan fingerprint density at radius 3 is 1.27 bits per heavy atom. The Hall–Kier alpha value is -12.0. The molecule has 12 aromatic rings. The van der Waals surface area contributed by atoms with E-state index in [0.717, 1.165) is 107 Å². The first kappa shape index (κ1) is 66.3. The fourth-order valence-electron chi connectivity index (χ4n) is 14.0. The molecule has 18 rings (SSSR count). The van der Waals surface area contributed by atoms with Crippen molar-refractivity contribution in [2.24, 2.45) is 11.5 Å². The van der Waals surface area contributed by atoms with Crippen LogP contribution < -0.4 is 28.7 Å². The molecule has 3 fully saturated rings. The number of imidazole rings is 3. The number of rotatable bonds is 17. The molecule has 0 aromatic carbocycles. The Labute approximate surface area is 579 Å². The van der Waals surface area contributed by atoms with Gasteiger partial charge in [-0.2, -0.15) is 10.5 Å². The predicted molar refractivity (Wildman–Crippen MR) is 371 cm³/mol. The quantitative estimate of drug-likeness (QED) is 0.0467. The molecule has 3 atom stereocenters. The Bertz CT molecular complexity index is 5260. The molecule has 12 heterocycles. The summed E-state index contributed by atoms with van der Waals surface area (Å²) in [5.74, 6) is 2.64. The molecule has 3 unspecified atom stereocenters. The summed E-state index contributed by atoms with van der Waals surface area (Å²) in [5.41, 5.74) is 47.1. The first-order valence-corrected chi connectivity index (χ1v) is 33.6. The maximum absolute atomic E-state index is 12.9. The van der Waals surface area contributed by atoms with Crippen molar-refractivity contribution < 1.29 is 19.5 Å². The summed E-state index contributed by atoms with van der Waals surface area (Å²) in [4.78, 5) is 62.8. The lowest BCUT2D eigenvalue weighted by molar-refractivity contribution is 0.0689. The zero-order valence-electron chi connectivity index (χ0n) is 54.6. The highest BCUT2D eigenvalue weighted by molar-refractivity contribution is 5.95. The van der Waals surface area contributed by atoms with Crippen LogP contribution in [0, 0.1) is 22.7 Å². The van der Waals surface area contributed by atoms with Gasteiger partial charge in [-0.25, -0.2) is 48.7 Å². The number of aromatic carboxylic acids is 1. The van der Waals surface area contributed by atoms with Crippen molar-refractivity contribution in [3.8, 4) is 12.1 Å². The second kappa shape index (κ2) is 27.8. The number of hydrogen-bond acceptors (Lipinski definition) is 22. The third-order valence-electron chi connectivity index (χ3n) is 19.6. The van der Waals surface area contributed by atoms with Crippen molar-refractivity contribution in [3.63, 3.8) is 0 Å². The van der Waals surface area contributed by atoms with Crippen molar-refractivity contribution in [1.29, 1.82) is 10.5 Å². The molecule has 29 heteroatoms. The molecule has 0 saturated heterocycles. The topological polar surface area (TPSA) is 432 Å². The molecule has 29 nitrogen and oxygen atoms in total. The van der Waals surface area contributed by atoms with Crippen molar-refractivity contribution in [2.45, 2.75) is 159 Å². The average Bonchev–Trinajstić information content (AvgIpc) is 1.66. The highest BCUT2D eigenvalue weighted by atomic mass is 16.4. The lowest BCUT2D eigenvalue weighted by Gasteiger charge is -2.09. The zero-order valence-corrected chi connectivity index (χ0v) is 54.6. The van der Waals surface area contributed by atoms with Gasteiger partial charge < -0.3 is 47.0 Å². The SMILES string of the molecule is C.N#Cc1cc(C2CC2)cn2cc(Cn3cc(C(=O)CC4CCc5c4ccnc5N)nn3)nc12.N#Cc1cc(C2CC2)cn2cc(Cn3cc(C(=O)O)nn3)nc12.NCc1cc(C2CC2)cn2cc(Cn3cc(C(=O)CC4CCc5c4ccnc5N)nn3)nc12.Nc1nccc2c1CCC2N.